The first-order chi connectivity index (χ1) is 10.5. The normalized spacial score (nSPS) is 23.5. The Morgan fingerprint density at radius 2 is 1.92 bits per heavy atom. The number of carbonyl (C=O) groups is 1. The van der Waals surface area contributed by atoms with Gasteiger partial charge in [0.05, 0.1) is 5.92 Å². The van der Waals surface area contributed by atoms with Gasteiger partial charge in [-0.3, -0.25) is 9.69 Å². The largest absolute Gasteiger partial charge is 0.481 e. The van der Waals surface area contributed by atoms with E-state index in [0.717, 1.165) is 49.6 Å². The predicted molar refractivity (Wildman–Crippen MR) is 102 cm³/mol. The maximum atomic E-state index is 11.8. The van der Waals surface area contributed by atoms with Gasteiger partial charge in [-0.05, 0) is 44.6 Å². The number of benzene rings is 1. The molecule has 2 saturated heterocycles. The molecule has 3 rings (SSSR count). The van der Waals surface area contributed by atoms with Crippen molar-refractivity contribution in [1.82, 2.24) is 9.80 Å². The zero-order chi connectivity index (χ0) is 15.7. The van der Waals surface area contributed by atoms with Crippen LogP contribution in [-0.4, -0.2) is 54.1 Å². The molecule has 0 radical (unpaired) electrons. The second kappa shape index (κ2) is 8.72. The molecule has 4 nitrogen and oxygen atoms in total. The molecule has 24 heavy (non-hydrogen) atoms. The topological polar surface area (TPSA) is 43.8 Å². The van der Waals surface area contributed by atoms with E-state index < -0.39 is 5.97 Å². The molecule has 1 spiro atoms. The van der Waals surface area contributed by atoms with Gasteiger partial charge in [0.2, 0.25) is 0 Å². The third kappa shape index (κ3) is 4.36. The summed E-state index contributed by atoms with van der Waals surface area (Å²) in [5, 5.41) is 10.4. The van der Waals surface area contributed by atoms with E-state index in [1.165, 1.54) is 0 Å². The highest BCUT2D eigenvalue weighted by molar-refractivity contribution is 6.31. The van der Waals surface area contributed by atoms with Crippen molar-refractivity contribution < 1.29 is 9.90 Å². The Kier molecular flexibility index (Phi) is 7.82. The number of aliphatic carboxylic acids is 1. The summed E-state index contributed by atoms with van der Waals surface area (Å²) in [6, 6.07) is 7.83. The summed E-state index contributed by atoms with van der Waals surface area (Å²) in [7, 11) is 2.11. The quantitative estimate of drug-likeness (QED) is 0.852. The summed E-state index contributed by atoms with van der Waals surface area (Å²) < 4.78 is 0. The number of rotatable bonds is 3. The van der Waals surface area contributed by atoms with Crippen molar-refractivity contribution in [3.8, 4) is 0 Å². The molecular weight excluding hydrogens is 371 g/mol. The Labute approximate surface area is 161 Å². The van der Waals surface area contributed by atoms with Gasteiger partial charge in [0.25, 0.3) is 0 Å². The van der Waals surface area contributed by atoms with Gasteiger partial charge in [-0.15, -0.1) is 24.8 Å². The van der Waals surface area contributed by atoms with Crippen LogP contribution >= 0.6 is 36.4 Å². The molecule has 0 amide bonds. The summed E-state index contributed by atoms with van der Waals surface area (Å²) in [4.78, 5) is 16.3. The third-order valence-electron chi connectivity index (χ3n) is 5.35. The maximum absolute atomic E-state index is 11.8. The molecule has 1 atom stereocenters. The van der Waals surface area contributed by atoms with Crippen LogP contribution in [-0.2, 0) is 11.3 Å². The minimum absolute atomic E-state index is 0. The highest BCUT2D eigenvalue weighted by Crippen LogP contribution is 2.45. The molecule has 1 N–H and O–H groups in total. The molecule has 0 aliphatic carbocycles. The number of carboxylic acids is 1. The van der Waals surface area contributed by atoms with Gasteiger partial charge in [-0.25, -0.2) is 0 Å². The monoisotopic (exact) mass is 394 g/mol. The van der Waals surface area contributed by atoms with Crippen LogP contribution in [0.5, 0.6) is 0 Å². The van der Waals surface area contributed by atoms with E-state index >= 15 is 0 Å². The van der Waals surface area contributed by atoms with Crippen LogP contribution in [0.4, 0.5) is 0 Å². The Bertz CT molecular complexity index is 563. The number of likely N-dealkylation sites (tertiary alicyclic amines) is 2. The first kappa shape index (κ1) is 21.5. The Hall–Kier alpha value is -0.520. The lowest BCUT2D eigenvalue weighted by Crippen LogP contribution is -2.44. The summed E-state index contributed by atoms with van der Waals surface area (Å²) in [5.74, 6) is -0.908. The fraction of sp³-hybridized carbons (Fsp3) is 0.588. The molecule has 1 aromatic carbocycles. The van der Waals surface area contributed by atoms with E-state index in [1.807, 2.05) is 24.3 Å². The fourth-order valence-corrected chi connectivity index (χ4v) is 4.17. The molecule has 1 unspecified atom stereocenters. The lowest BCUT2D eigenvalue weighted by molar-refractivity contribution is -0.145. The standard InChI is InChI=1S/C17H23ClN2O2.2ClH/c1-19-8-6-17(7-9-19)12-20(11-14(17)16(21)22)10-13-4-2-3-5-15(13)18;;/h2-5,14H,6-12H2,1H3,(H,21,22);2*1H. The van der Waals surface area contributed by atoms with Crippen LogP contribution in [0.3, 0.4) is 0 Å². The Morgan fingerprint density at radius 1 is 1.29 bits per heavy atom. The van der Waals surface area contributed by atoms with Gasteiger partial charge in [0.15, 0.2) is 0 Å². The summed E-state index contributed by atoms with van der Waals surface area (Å²) in [6.45, 7) is 4.21. The summed E-state index contributed by atoms with van der Waals surface area (Å²) >= 11 is 6.25. The fourth-order valence-electron chi connectivity index (χ4n) is 3.97. The number of hydrogen-bond acceptors (Lipinski definition) is 3. The van der Waals surface area contributed by atoms with E-state index in [0.29, 0.717) is 6.54 Å². The first-order valence-electron chi connectivity index (χ1n) is 7.87. The second-order valence-electron chi connectivity index (χ2n) is 6.82. The number of halogens is 3. The maximum Gasteiger partial charge on any atom is 0.308 e. The van der Waals surface area contributed by atoms with Gasteiger partial charge in [0, 0.05) is 30.1 Å². The van der Waals surface area contributed by atoms with E-state index in [4.69, 9.17) is 11.6 Å². The molecule has 0 saturated carbocycles. The van der Waals surface area contributed by atoms with Crippen LogP contribution in [0.2, 0.25) is 5.02 Å². The summed E-state index contributed by atoms with van der Waals surface area (Å²) in [6.07, 6.45) is 1.94. The molecule has 2 aliphatic heterocycles. The van der Waals surface area contributed by atoms with Crippen molar-refractivity contribution in [3.63, 3.8) is 0 Å². The number of carboxylic acid groups (broad SMARTS) is 1. The third-order valence-corrected chi connectivity index (χ3v) is 5.72. The molecule has 2 heterocycles. The molecule has 136 valence electrons. The van der Waals surface area contributed by atoms with Crippen molar-refractivity contribution in [2.24, 2.45) is 11.3 Å². The molecule has 7 heteroatoms. The van der Waals surface area contributed by atoms with E-state index in [1.54, 1.807) is 0 Å². The smallest absolute Gasteiger partial charge is 0.308 e. The molecular formula is C17H25Cl3N2O2. The van der Waals surface area contributed by atoms with Crippen LogP contribution < -0.4 is 0 Å². The second-order valence-corrected chi connectivity index (χ2v) is 7.22. The van der Waals surface area contributed by atoms with Crippen LogP contribution in [0.25, 0.3) is 0 Å². The average Bonchev–Trinajstić information content (AvgIpc) is 2.84. The zero-order valence-electron chi connectivity index (χ0n) is 13.8. The molecule has 1 aromatic rings. The number of nitrogens with zero attached hydrogens (tertiary/aromatic N) is 2. The Balaban J connectivity index is 0.00000144. The highest BCUT2D eigenvalue weighted by atomic mass is 35.5. The minimum atomic E-state index is -0.647. The summed E-state index contributed by atoms with van der Waals surface area (Å²) in [5.41, 5.74) is 1.01. The number of piperidine rings is 1. The molecule has 2 aliphatic rings. The molecule has 2 fully saturated rings. The lowest BCUT2D eigenvalue weighted by atomic mass is 9.71. The first-order valence-corrected chi connectivity index (χ1v) is 8.25. The Morgan fingerprint density at radius 3 is 2.50 bits per heavy atom. The molecule has 0 aromatic heterocycles. The van der Waals surface area contributed by atoms with E-state index in [-0.39, 0.29) is 36.1 Å². The van der Waals surface area contributed by atoms with Crippen LogP contribution in [0, 0.1) is 11.3 Å². The van der Waals surface area contributed by atoms with Crippen molar-refractivity contribution in [2.75, 3.05) is 33.2 Å². The van der Waals surface area contributed by atoms with Gasteiger partial charge in [-0.2, -0.15) is 0 Å². The van der Waals surface area contributed by atoms with Crippen molar-refractivity contribution in [2.45, 2.75) is 19.4 Å². The van der Waals surface area contributed by atoms with Gasteiger partial charge < -0.3 is 10.0 Å². The number of hydrogen-bond donors (Lipinski definition) is 1. The zero-order valence-corrected chi connectivity index (χ0v) is 16.2. The van der Waals surface area contributed by atoms with Crippen molar-refractivity contribution in [1.29, 1.82) is 0 Å². The SMILES string of the molecule is CN1CCC2(CC1)CN(Cc1ccccc1Cl)CC2C(=O)O.Cl.Cl. The van der Waals surface area contributed by atoms with Gasteiger partial charge >= 0.3 is 5.97 Å². The predicted octanol–water partition coefficient (Wildman–Crippen LogP) is 3.41. The molecule has 0 bridgehead atoms. The van der Waals surface area contributed by atoms with E-state index in [9.17, 15) is 9.90 Å². The lowest BCUT2D eigenvalue weighted by Gasteiger charge is -2.40. The average molecular weight is 396 g/mol. The van der Waals surface area contributed by atoms with Crippen LogP contribution in [0.15, 0.2) is 24.3 Å². The van der Waals surface area contributed by atoms with Crippen molar-refractivity contribution >= 4 is 42.4 Å². The van der Waals surface area contributed by atoms with Gasteiger partial charge in [-0.1, -0.05) is 29.8 Å². The van der Waals surface area contributed by atoms with Gasteiger partial charge in [0.1, 0.15) is 0 Å². The highest BCUT2D eigenvalue weighted by Gasteiger charge is 2.50. The van der Waals surface area contributed by atoms with Crippen LogP contribution in [0.1, 0.15) is 18.4 Å². The minimum Gasteiger partial charge on any atom is -0.481 e. The van der Waals surface area contributed by atoms with Crippen molar-refractivity contribution in [3.05, 3.63) is 34.9 Å². The van der Waals surface area contributed by atoms with E-state index in [2.05, 4.69) is 16.8 Å².